The van der Waals surface area contributed by atoms with Gasteiger partial charge < -0.3 is 29.6 Å². The van der Waals surface area contributed by atoms with Crippen molar-refractivity contribution in [1.29, 1.82) is 0 Å². The monoisotopic (exact) mass is 772 g/mol. The van der Waals surface area contributed by atoms with Gasteiger partial charge in [0.15, 0.2) is 23.1 Å². The van der Waals surface area contributed by atoms with Gasteiger partial charge in [0.2, 0.25) is 0 Å². The Bertz CT molecular complexity index is 1820. The first kappa shape index (κ1) is 42.9. The predicted octanol–water partition coefficient (Wildman–Crippen LogP) is 10.1. The topological polar surface area (TPSA) is 95.1 Å². The van der Waals surface area contributed by atoms with Gasteiger partial charge in [0.25, 0.3) is 11.8 Å². The molecule has 0 aliphatic heterocycles. The molecule has 4 aromatic rings. The predicted molar refractivity (Wildman–Crippen MR) is 206 cm³/mol. The Hall–Kier alpha value is -4.54. The molecular formula is C41H48Cl2F2N2O6. The maximum atomic E-state index is 13.8. The van der Waals surface area contributed by atoms with Crippen LogP contribution in [-0.4, -0.2) is 38.7 Å². The highest BCUT2D eigenvalue weighted by molar-refractivity contribution is 6.34. The Balaban J connectivity index is 0.000000273. The number of nitrogens with one attached hydrogen (secondary N) is 2. The van der Waals surface area contributed by atoms with Gasteiger partial charge in [-0.15, -0.1) is 0 Å². The van der Waals surface area contributed by atoms with Gasteiger partial charge in [0.1, 0.15) is 11.5 Å². The molecule has 4 aromatic carbocycles. The number of carbonyl (C=O) groups excluding carboxylic acids is 2. The molecule has 1 saturated carbocycles. The van der Waals surface area contributed by atoms with Crippen molar-refractivity contribution in [3.05, 3.63) is 117 Å². The minimum atomic E-state index is -0.479. The van der Waals surface area contributed by atoms with Crippen LogP contribution >= 0.6 is 23.2 Å². The van der Waals surface area contributed by atoms with E-state index in [1.807, 2.05) is 34.6 Å². The Kier molecular flexibility index (Phi) is 17.2. The molecule has 2 amide bonds. The molecule has 1 aliphatic rings. The van der Waals surface area contributed by atoms with Crippen LogP contribution in [-0.2, 0) is 13.1 Å². The molecule has 5 rings (SSSR count). The van der Waals surface area contributed by atoms with Gasteiger partial charge in [-0.2, -0.15) is 0 Å². The number of halogens is 4. The minimum absolute atomic E-state index is 0.0377. The quantitative estimate of drug-likeness (QED) is 0.133. The van der Waals surface area contributed by atoms with Crippen molar-refractivity contribution in [1.82, 2.24) is 10.6 Å². The first-order chi connectivity index (χ1) is 25.4. The average molecular weight is 774 g/mol. The van der Waals surface area contributed by atoms with E-state index >= 15 is 0 Å². The van der Waals surface area contributed by atoms with Crippen LogP contribution in [0.3, 0.4) is 0 Å². The van der Waals surface area contributed by atoms with Crippen molar-refractivity contribution in [3.8, 4) is 23.0 Å². The molecule has 0 radical (unpaired) electrons. The lowest BCUT2D eigenvalue weighted by Gasteiger charge is -2.17. The number of rotatable bonds is 14. The lowest BCUT2D eigenvalue weighted by atomic mass is 10.1. The van der Waals surface area contributed by atoms with Gasteiger partial charge in [-0.3, -0.25) is 9.59 Å². The van der Waals surface area contributed by atoms with Gasteiger partial charge in [0, 0.05) is 13.1 Å². The lowest BCUT2D eigenvalue weighted by Crippen LogP contribution is -2.25. The molecule has 53 heavy (non-hydrogen) atoms. The fourth-order valence-corrected chi connectivity index (χ4v) is 5.47. The van der Waals surface area contributed by atoms with Crippen LogP contribution in [0.15, 0.2) is 72.8 Å². The number of methoxy groups -OCH3 is 2. The van der Waals surface area contributed by atoms with E-state index in [0.717, 1.165) is 12.8 Å². The molecule has 2 N–H and O–H groups in total. The lowest BCUT2D eigenvalue weighted by molar-refractivity contribution is 0.0936. The van der Waals surface area contributed by atoms with Crippen LogP contribution in [0.1, 0.15) is 79.3 Å². The first-order valence-corrected chi connectivity index (χ1v) is 18.2. The molecule has 1 unspecified atom stereocenters. The van der Waals surface area contributed by atoms with Crippen LogP contribution in [0.4, 0.5) is 8.78 Å². The van der Waals surface area contributed by atoms with E-state index in [9.17, 15) is 18.4 Å². The summed E-state index contributed by atoms with van der Waals surface area (Å²) in [6.45, 7) is 10.8. The number of benzene rings is 4. The van der Waals surface area contributed by atoms with Gasteiger partial charge in [-0.1, -0.05) is 75.2 Å². The van der Waals surface area contributed by atoms with Crippen molar-refractivity contribution in [2.75, 3.05) is 20.8 Å². The van der Waals surface area contributed by atoms with Gasteiger partial charge >= 0.3 is 0 Å². The van der Waals surface area contributed by atoms with E-state index in [1.54, 1.807) is 48.5 Å². The molecule has 0 saturated heterocycles. The van der Waals surface area contributed by atoms with Crippen LogP contribution in [0.5, 0.6) is 23.0 Å². The summed E-state index contributed by atoms with van der Waals surface area (Å²) in [7, 11) is 2.80. The second-order valence-electron chi connectivity index (χ2n) is 12.4. The maximum Gasteiger partial charge on any atom is 0.256 e. The van der Waals surface area contributed by atoms with Gasteiger partial charge in [-0.05, 0) is 91.3 Å². The fraction of sp³-hybridized carbons (Fsp3) is 0.366. The summed E-state index contributed by atoms with van der Waals surface area (Å²) >= 11 is 12.4. The standard InChI is InChI=1S/C20H21ClFNO3.C19H21ClFNO3.C2H6/c1-12(14-7-8-14)26-18-5-3-4-15(21)19(18)20(24)23-11-13-6-9-17(25-2)16(22)10-13;1-12(2)11-25-17-6-4-5-14(20)18(17)19(23)22-10-13-7-8-16(24-3)15(21)9-13;1-2/h3-6,9-10,12,14H,7-8,11H2,1-2H3,(H,23,24);4-9,12H,10-11H2,1-3H3,(H,22,23);1-2H3. The zero-order valence-electron chi connectivity index (χ0n) is 31.2. The number of hydrogen-bond acceptors (Lipinski definition) is 6. The minimum Gasteiger partial charge on any atom is -0.494 e. The molecule has 1 aliphatic carbocycles. The zero-order valence-corrected chi connectivity index (χ0v) is 32.7. The second-order valence-corrected chi connectivity index (χ2v) is 13.2. The molecule has 0 bridgehead atoms. The maximum absolute atomic E-state index is 13.8. The van der Waals surface area contributed by atoms with E-state index in [0.29, 0.717) is 56.7 Å². The molecule has 286 valence electrons. The van der Waals surface area contributed by atoms with Crippen LogP contribution < -0.4 is 29.6 Å². The molecule has 1 fully saturated rings. The zero-order chi connectivity index (χ0) is 39.1. The van der Waals surface area contributed by atoms with Crippen molar-refractivity contribution < 1.29 is 37.3 Å². The fourth-order valence-electron chi connectivity index (χ4n) is 4.97. The van der Waals surface area contributed by atoms with Crippen LogP contribution in [0.25, 0.3) is 0 Å². The molecule has 0 aromatic heterocycles. The largest absolute Gasteiger partial charge is 0.494 e. The van der Waals surface area contributed by atoms with Crippen LogP contribution in [0, 0.1) is 23.5 Å². The Morgan fingerprint density at radius 1 is 0.717 bits per heavy atom. The van der Waals surface area contributed by atoms with Crippen molar-refractivity contribution in [2.24, 2.45) is 11.8 Å². The van der Waals surface area contributed by atoms with E-state index in [2.05, 4.69) is 10.6 Å². The molecule has 12 heteroatoms. The Labute approximate surface area is 321 Å². The average Bonchev–Trinajstić information content (AvgIpc) is 4.00. The highest BCUT2D eigenvalue weighted by atomic mass is 35.5. The van der Waals surface area contributed by atoms with E-state index in [4.69, 9.17) is 42.1 Å². The number of ether oxygens (including phenoxy) is 4. The van der Waals surface area contributed by atoms with E-state index in [-0.39, 0.29) is 48.1 Å². The summed E-state index contributed by atoms with van der Waals surface area (Å²) in [4.78, 5) is 25.2. The summed E-state index contributed by atoms with van der Waals surface area (Å²) in [5.41, 5.74) is 1.82. The second kappa shape index (κ2) is 21.2. The first-order valence-electron chi connectivity index (χ1n) is 17.5. The van der Waals surface area contributed by atoms with Crippen LogP contribution in [0.2, 0.25) is 10.0 Å². The Morgan fingerprint density at radius 2 is 1.17 bits per heavy atom. The third-order valence-electron chi connectivity index (χ3n) is 7.91. The highest BCUT2D eigenvalue weighted by Gasteiger charge is 2.30. The van der Waals surface area contributed by atoms with Gasteiger partial charge in [0.05, 0.1) is 48.1 Å². The van der Waals surface area contributed by atoms with E-state index < -0.39 is 11.6 Å². The Morgan fingerprint density at radius 3 is 1.58 bits per heavy atom. The third kappa shape index (κ3) is 12.8. The number of hydrogen-bond donors (Lipinski definition) is 2. The number of amides is 2. The summed E-state index contributed by atoms with van der Waals surface area (Å²) in [6, 6.07) is 19.3. The molecule has 0 spiro atoms. The highest BCUT2D eigenvalue weighted by Crippen LogP contribution is 2.36. The molecule has 8 nitrogen and oxygen atoms in total. The van der Waals surface area contributed by atoms with Crippen molar-refractivity contribution >= 4 is 35.0 Å². The molecule has 0 heterocycles. The van der Waals surface area contributed by atoms with E-state index in [1.165, 1.54) is 38.5 Å². The normalized spacial score (nSPS) is 12.3. The molecular weight excluding hydrogens is 725 g/mol. The van der Waals surface area contributed by atoms with Crippen molar-refractivity contribution in [2.45, 2.75) is 66.7 Å². The molecule has 1 atom stereocenters. The SMILES string of the molecule is CC.COc1ccc(CNC(=O)c2c(Cl)cccc2OC(C)C2CC2)cc1F.COc1ccc(CNC(=O)c2c(Cl)cccc2OCC(C)C)cc1F. The smallest absolute Gasteiger partial charge is 0.256 e. The summed E-state index contributed by atoms with van der Waals surface area (Å²) in [5, 5.41) is 6.13. The summed E-state index contributed by atoms with van der Waals surface area (Å²) in [6.07, 6.45) is 2.33. The van der Waals surface area contributed by atoms with Gasteiger partial charge in [-0.25, -0.2) is 8.78 Å². The number of carbonyl (C=O) groups is 2. The summed E-state index contributed by atoms with van der Waals surface area (Å²) in [5.74, 6) is 0.387. The third-order valence-corrected chi connectivity index (χ3v) is 8.54. The van der Waals surface area contributed by atoms with Crippen molar-refractivity contribution in [3.63, 3.8) is 0 Å². The summed E-state index contributed by atoms with van der Waals surface area (Å²) < 4.78 is 48.9.